The molecule has 0 saturated heterocycles. The van der Waals surface area contributed by atoms with Crippen LogP contribution < -0.4 is 70.0 Å². The first-order valence-corrected chi connectivity index (χ1v) is 40.0. The molecule has 0 aromatic heterocycles. The molecule has 0 radical (unpaired) electrons. The first-order chi connectivity index (χ1) is 36.2. The molecule has 4 aliphatic carbocycles. The second-order valence-electron chi connectivity index (χ2n) is 24.7. The van der Waals surface area contributed by atoms with Crippen molar-refractivity contribution in [1.29, 1.82) is 0 Å². The van der Waals surface area contributed by atoms with Crippen LogP contribution in [0.3, 0.4) is 0 Å². The van der Waals surface area contributed by atoms with E-state index in [9.17, 15) is 50.5 Å². The molecule has 0 spiro atoms. The minimum absolute atomic E-state index is 0. The van der Waals surface area contributed by atoms with E-state index < -0.39 is 87.9 Å². The number of hydrogen-bond donors (Lipinski definition) is 0. The molecule has 0 atom stereocenters. The maximum Gasteiger partial charge on any atom is 0.296 e. The summed E-state index contributed by atoms with van der Waals surface area (Å²) in [5.74, 6) is 0. The molecule has 81 heavy (non-hydrogen) atoms. The third-order valence-corrected chi connectivity index (χ3v) is 33.7. The fourth-order valence-electron chi connectivity index (χ4n) is 10.3. The van der Waals surface area contributed by atoms with E-state index >= 15 is 0 Å². The van der Waals surface area contributed by atoms with Gasteiger partial charge in [0.2, 0.25) is 0 Å². The zero-order valence-corrected chi connectivity index (χ0v) is 60.6. The largest absolute Gasteiger partial charge is 1.00 e. The van der Waals surface area contributed by atoms with Crippen LogP contribution in [0.15, 0.2) is 78.9 Å². The minimum atomic E-state index is -4.35. The van der Waals surface area contributed by atoms with Gasteiger partial charge in [0.1, 0.15) is 6.54 Å². The third-order valence-electron chi connectivity index (χ3n) is 14.4. The van der Waals surface area contributed by atoms with Gasteiger partial charge in [-0.2, -0.15) is 0 Å². The molecule has 4 aliphatic rings. The SMILES string of the molecule is CC(C)(C)c1ccc([IH+])cc1.CC(C)(C)c1ccc([IH+])cc1.CS(=O)(=O)[C-](S(=O)(=O)C1CCCCC1)S(=O)(=O)C1CCCCC1.CS(=O)(=O)[C-](S(=O)(=O)C1CCCCC1)S(=O)(=O)C1CCCCC1.C[N+](C)(C)Cc1ccccc1.[Cl-].[Cl-]. The summed E-state index contributed by atoms with van der Waals surface area (Å²) in [4.78, 5) is 0. The molecule has 4 fully saturated rings. The molecular formula is C58H94Cl2I2NO12S6-. The van der Waals surface area contributed by atoms with E-state index in [0.717, 1.165) is 36.7 Å². The number of benzene rings is 3. The van der Waals surface area contributed by atoms with Gasteiger partial charge >= 0.3 is 0 Å². The molecule has 0 amide bonds. The standard InChI is InChI=1S/2C14H25O6S3.2C10H14I.C10H16N.2ClH/c2*1-21(15,16)14(22(17,18)12-8-4-2-5-9-12)23(19,20)13-10-6-3-7-11-13;2*1-10(2,3)8-4-6-9(11)7-5-8;1-11(2,3)9-10-7-5-4-6-8-10;;/h2*12-13H,2-11H2,1H3;2*4-7,11H,1-3H3;4-8H,9H2,1-3H3;2*1H/q2*-1;3*+1;;/p-2. The van der Waals surface area contributed by atoms with Gasteiger partial charge < -0.3 is 29.3 Å². The number of hydrogen-bond acceptors (Lipinski definition) is 12. The monoisotopic (exact) mass is 1510 g/mol. The maximum atomic E-state index is 12.8. The Balaban J connectivity index is 0.000000526. The second kappa shape index (κ2) is 33.6. The van der Waals surface area contributed by atoms with Crippen LogP contribution in [0.25, 0.3) is 0 Å². The lowest BCUT2D eigenvalue weighted by Crippen LogP contribution is -3.34. The molecule has 0 unspecified atom stereocenters. The fraction of sp³-hybridized carbons (Fsp3) is 0.655. The molecule has 3 aromatic carbocycles. The van der Waals surface area contributed by atoms with E-state index in [-0.39, 0.29) is 35.6 Å². The molecule has 7 rings (SSSR count). The van der Waals surface area contributed by atoms with Crippen molar-refractivity contribution in [3.63, 3.8) is 0 Å². The van der Waals surface area contributed by atoms with E-state index in [1.54, 1.807) is 0 Å². The quantitative estimate of drug-likeness (QED) is 0.118. The first kappa shape index (κ1) is 78.4. The predicted molar refractivity (Wildman–Crippen MR) is 318 cm³/mol. The van der Waals surface area contributed by atoms with Gasteiger partial charge in [-0.1, -0.05) is 173 Å². The van der Waals surface area contributed by atoms with Crippen molar-refractivity contribution in [1.82, 2.24) is 0 Å². The molecule has 0 aliphatic heterocycles. The minimum Gasteiger partial charge on any atom is -1.00 e. The summed E-state index contributed by atoms with van der Waals surface area (Å²) in [6.45, 7) is 14.5. The van der Waals surface area contributed by atoms with Crippen LogP contribution in [0.2, 0.25) is 0 Å². The van der Waals surface area contributed by atoms with Crippen molar-refractivity contribution in [2.75, 3.05) is 33.7 Å². The number of quaternary nitrogens is 1. The van der Waals surface area contributed by atoms with E-state index in [4.69, 9.17) is 0 Å². The summed E-state index contributed by atoms with van der Waals surface area (Å²) in [6, 6.07) is 28.1. The van der Waals surface area contributed by atoms with Gasteiger partial charge in [-0.25, -0.2) is 0 Å². The highest BCUT2D eigenvalue weighted by molar-refractivity contribution is 8.29. The average molecular weight is 1510 g/mol. The van der Waals surface area contributed by atoms with Crippen LogP contribution in [0.5, 0.6) is 0 Å². The zero-order chi connectivity index (χ0) is 59.9. The molecule has 3 aromatic rings. The number of rotatable bonds is 12. The molecule has 13 nitrogen and oxygen atoms in total. The lowest BCUT2D eigenvalue weighted by atomic mass is 9.87. The summed E-state index contributed by atoms with van der Waals surface area (Å²) in [6.07, 6.45) is 13.1. The smallest absolute Gasteiger partial charge is 0.296 e. The van der Waals surface area contributed by atoms with Crippen LogP contribution in [0.1, 0.15) is 187 Å². The van der Waals surface area contributed by atoms with Gasteiger partial charge in [0.15, 0.2) is 7.14 Å². The molecule has 468 valence electrons. The molecule has 0 N–H and O–H groups in total. The van der Waals surface area contributed by atoms with Crippen molar-refractivity contribution >= 4 is 59.0 Å². The summed E-state index contributed by atoms with van der Waals surface area (Å²) >= 11 is 4.10. The summed E-state index contributed by atoms with van der Waals surface area (Å²) in [5, 5.41) is -3.56. The molecule has 4 saturated carbocycles. The Labute approximate surface area is 531 Å². The van der Waals surface area contributed by atoms with Crippen LogP contribution >= 0.6 is 0 Å². The highest BCUT2D eigenvalue weighted by atomic mass is 127. The highest BCUT2D eigenvalue weighted by Crippen LogP contribution is 2.41. The van der Waals surface area contributed by atoms with Crippen LogP contribution in [-0.2, 0) is 76.4 Å². The molecular weight excluding hydrogens is 1420 g/mol. The van der Waals surface area contributed by atoms with E-state index in [0.29, 0.717) is 115 Å². The lowest BCUT2D eigenvalue weighted by Gasteiger charge is -2.38. The fourth-order valence-corrected chi connectivity index (χ4v) is 28.5. The predicted octanol–water partition coefficient (Wildman–Crippen LogP) is -1.27. The van der Waals surface area contributed by atoms with Gasteiger partial charge in [-0.15, -0.1) is 0 Å². The van der Waals surface area contributed by atoms with Crippen LogP contribution in [-0.4, -0.2) is 110 Å². The van der Waals surface area contributed by atoms with Gasteiger partial charge in [-0.05, 0) is 97.6 Å². The van der Waals surface area contributed by atoms with Crippen LogP contribution in [0.4, 0.5) is 0 Å². The van der Waals surface area contributed by atoms with Gasteiger partial charge in [-0.3, -0.25) is 50.5 Å². The van der Waals surface area contributed by atoms with Gasteiger partial charge in [0, 0.05) is 46.9 Å². The van der Waals surface area contributed by atoms with E-state index in [1.165, 1.54) is 23.8 Å². The third kappa shape index (κ3) is 25.5. The Hall–Kier alpha value is -0.640. The molecule has 0 bridgehead atoms. The highest BCUT2D eigenvalue weighted by Gasteiger charge is 2.43. The number of halogens is 4. The Kier molecular flexibility index (Phi) is 32.5. The van der Waals surface area contributed by atoms with Crippen molar-refractivity contribution < 1.29 is 125 Å². The summed E-state index contributed by atoms with van der Waals surface area (Å²) in [7, 11) is -19.5. The first-order valence-electron chi connectivity index (χ1n) is 27.7. The number of sulfone groups is 6. The second-order valence-corrected chi connectivity index (χ2v) is 41.6. The van der Waals surface area contributed by atoms with Gasteiger partial charge in [0.05, 0.1) is 80.2 Å². The van der Waals surface area contributed by atoms with E-state index in [2.05, 4.69) is 142 Å². The maximum absolute atomic E-state index is 12.8. The van der Waals surface area contributed by atoms with E-state index in [1.807, 2.05) is 45.2 Å². The topological polar surface area (TPSA) is 205 Å². The zero-order valence-electron chi connectivity index (χ0n) is 49.5. The lowest BCUT2D eigenvalue weighted by molar-refractivity contribution is -0.884. The van der Waals surface area contributed by atoms with Crippen molar-refractivity contribution in [2.24, 2.45) is 0 Å². The summed E-state index contributed by atoms with van der Waals surface area (Å²) < 4.78 is 152. The van der Waals surface area contributed by atoms with Crippen LogP contribution in [0, 0.1) is 15.0 Å². The summed E-state index contributed by atoms with van der Waals surface area (Å²) in [5.41, 5.74) is 4.79. The Morgan fingerprint density at radius 2 is 0.617 bits per heavy atom. The molecule has 23 heteroatoms. The Morgan fingerprint density at radius 3 is 0.802 bits per heavy atom. The molecule has 0 heterocycles. The van der Waals surface area contributed by atoms with Crippen molar-refractivity contribution in [2.45, 2.75) is 208 Å². The normalized spacial score (nSPS) is 17.9. The van der Waals surface area contributed by atoms with Crippen molar-refractivity contribution in [3.05, 3.63) is 111 Å². The van der Waals surface area contributed by atoms with Gasteiger partial charge in [0.25, 0.3) is 45.2 Å². The number of nitrogens with zero attached hydrogens (tertiary/aromatic N) is 1. The average Bonchev–Trinajstić information content (AvgIpc) is 3.34. The van der Waals surface area contributed by atoms with Crippen molar-refractivity contribution in [3.8, 4) is 0 Å². The Bertz CT molecular complexity index is 2750. The Morgan fingerprint density at radius 1 is 0.395 bits per heavy atom.